The van der Waals surface area contributed by atoms with Gasteiger partial charge in [0.1, 0.15) is 6.61 Å². The molecule has 1 amide bonds. The lowest BCUT2D eigenvalue weighted by atomic mass is 10.0. The van der Waals surface area contributed by atoms with Crippen LogP contribution in [0.1, 0.15) is 30.5 Å². The lowest BCUT2D eigenvalue weighted by Gasteiger charge is -2.25. The molecule has 0 heterocycles. The molecule has 0 N–H and O–H groups in total. The summed E-state index contributed by atoms with van der Waals surface area (Å²) >= 11 is 0. The first-order chi connectivity index (χ1) is 9.38. The van der Waals surface area contributed by atoms with Gasteiger partial charge in [-0.05, 0) is 37.5 Å². The molecule has 1 aromatic carbocycles. The fourth-order valence-electron chi connectivity index (χ4n) is 1.95. The highest BCUT2D eigenvalue weighted by Crippen LogP contribution is 2.16. The number of ether oxygens (including phenoxy) is 1. The molecule has 5 nitrogen and oxygen atoms in total. The maximum Gasteiger partial charge on any atom is 0.330 e. The lowest BCUT2D eigenvalue weighted by Crippen LogP contribution is -2.42. The fraction of sp³-hybridized carbons (Fsp3) is 0.467. The van der Waals surface area contributed by atoms with Crippen LogP contribution in [0.2, 0.25) is 0 Å². The van der Waals surface area contributed by atoms with Gasteiger partial charge in [-0.2, -0.15) is 0 Å². The molecule has 0 saturated carbocycles. The monoisotopic (exact) mass is 279 g/mol. The van der Waals surface area contributed by atoms with Crippen molar-refractivity contribution in [3.05, 3.63) is 34.9 Å². The number of amides is 1. The zero-order chi connectivity index (χ0) is 15.3. The Labute approximate surface area is 119 Å². The van der Waals surface area contributed by atoms with E-state index in [9.17, 15) is 9.59 Å². The number of hydrogen-bond acceptors (Lipinski definition) is 4. The van der Waals surface area contributed by atoms with E-state index in [-0.39, 0.29) is 12.5 Å². The molecule has 0 spiro atoms. The standard InChI is InChI=1S/C15H21NO4/c1-10-7-6-8-11(2)14(10)9-20-16(13(4)17)12(3)15(18)19-5/h6-8,12H,9H2,1-5H3/t12-/m1/s1. The summed E-state index contributed by atoms with van der Waals surface area (Å²) in [5, 5.41) is 1.05. The highest BCUT2D eigenvalue weighted by atomic mass is 16.7. The molecule has 0 unspecified atom stereocenters. The SMILES string of the molecule is COC(=O)[C@@H](C)N(OCc1c(C)cccc1C)C(C)=O. The summed E-state index contributed by atoms with van der Waals surface area (Å²) in [5.41, 5.74) is 3.18. The second-order valence-electron chi connectivity index (χ2n) is 4.69. The second-order valence-corrected chi connectivity index (χ2v) is 4.69. The van der Waals surface area contributed by atoms with Crippen molar-refractivity contribution < 1.29 is 19.2 Å². The summed E-state index contributed by atoms with van der Waals surface area (Å²) < 4.78 is 4.63. The summed E-state index contributed by atoms with van der Waals surface area (Å²) in [7, 11) is 1.28. The minimum absolute atomic E-state index is 0.236. The van der Waals surface area contributed by atoms with Crippen LogP contribution in [0, 0.1) is 13.8 Å². The van der Waals surface area contributed by atoms with E-state index in [1.54, 1.807) is 6.92 Å². The third-order valence-electron chi connectivity index (χ3n) is 3.20. The quantitative estimate of drug-likeness (QED) is 0.612. The van der Waals surface area contributed by atoms with Crippen molar-refractivity contribution in [2.75, 3.05) is 7.11 Å². The third kappa shape index (κ3) is 3.81. The number of methoxy groups -OCH3 is 1. The van der Waals surface area contributed by atoms with Crippen molar-refractivity contribution in [3.8, 4) is 0 Å². The normalized spacial score (nSPS) is 11.8. The van der Waals surface area contributed by atoms with Crippen LogP contribution in [0.15, 0.2) is 18.2 Å². The van der Waals surface area contributed by atoms with E-state index in [0.29, 0.717) is 0 Å². The van der Waals surface area contributed by atoms with Gasteiger partial charge in [0, 0.05) is 6.92 Å². The maximum absolute atomic E-state index is 11.6. The van der Waals surface area contributed by atoms with Gasteiger partial charge >= 0.3 is 5.97 Å². The van der Waals surface area contributed by atoms with Crippen LogP contribution in [0.25, 0.3) is 0 Å². The molecule has 0 fully saturated rings. The van der Waals surface area contributed by atoms with Crippen molar-refractivity contribution in [2.45, 2.75) is 40.3 Å². The number of hydroxylamine groups is 2. The number of carbonyl (C=O) groups is 2. The van der Waals surface area contributed by atoms with E-state index < -0.39 is 12.0 Å². The van der Waals surface area contributed by atoms with Gasteiger partial charge < -0.3 is 4.74 Å². The first-order valence-corrected chi connectivity index (χ1v) is 6.44. The summed E-state index contributed by atoms with van der Waals surface area (Å²) in [4.78, 5) is 28.6. The predicted octanol–water partition coefficient (Wildman–Crippen LogP) is 2.15. The largest absolute Gasteiger partial charge is 0.467 e. The Kier molecular flexibility index (Phi) is 5.70. The maximum atomic E-state index is 11.6. The molecule has 0 radical (unpaired) electrons. The van der Waals surface area contributed by atoms with E-state index in [0.717, 1.165) is 21.8 Å². The van der Waals surface area contributed by atoms with Gasteiger partial charge in [-0.15, -0.1) is 0 Å². The first-order valence-electron chi connectivity index (χ1n) is 6.44. The molecular weight excluding hydrogens is 258 g/mol. The topological polar surface area (TPSA) is 55.8 Å². The molecule has 0 aliphatic heterocycles. The van der Waals surface area contributed by atoms with Crippen molar-refractivity contribution in [3.63, 3.8) is 0 Å². The number of rotatable bonds is 5. The minimum atomic E-state index is -0.776. The highest BCUT2D eigenvalue weighted by molar-refractivity contribution is 5.82. The van der Waals surface area contributed by atoms with E-state index in [1.807, 2.05) is 32.0 Å². The van der Waals surface area contributed by atoms with Crippen molar-refractivity contribution >= 4 is 11.9 Å². The number of carbonyl (C=O) groups excluding carboxylic acids is 2. The molecule has 1 atom stereocenters. The Morgan fingerprint density at radius 3 is 2.25 bits per heavy atom. The Balaban J connectivity index is 2.83. The van der Waals surface area contributed by atoms with Gasteiger partial charge in [-0.1, -0.05) is 18.2 Å². The van der Waals surface area contributed by atoms with Crippen LogP contribution in [0.3, 0.4) is 0 Å². The Hall–Kier alpha value is -1.88. The fourth-order valence-corrected chi connectivity index (χ4v) is 1.95. The van der Waals surface area contributed by atoms with Crippen molar-refractivity contribution in [1.29, 1.82) is 0 Å². The Bertz CT molecular complexity index is 478. The summed E-state index contributed by atoms with van der Waals surface area (Å²) in [6.07, 6.45) is 0. The lowest BCUT2D eigenvalue weighted by molar-refractivity contribution is -0.208. The molecular formula is C15H21NO4. The van der Waals surface area contributed by atoms with E-state index in [1.165, 1.54) is 14.0 Å². The first kappa shape index (κ1) is 16.2. The summed E-state index contributed by atoms with van der Waals surface area (Å²) in [5.74, 6) is -0.851. The van der Waals surface area contributed by atoms with Crippen molar-refractivity contribution in [2.24, 2.45) is 0 Å². The highest BCUT2D eigenvalue weighted by Gasteiger charge is 2.25. The zero-order valence-electron chi connectivity index (χ0n) is 12.6. The van der Waals surface area contributed by atoms with Gasteiger partial charge in [0.2, 0.25) is 5.91 Å². The average molecular weight is 279 g/mol. The predicted molar refractivity (Wildman–Crippen MR) is 74.7 cm³/mol. The van der Waals surface area contributed by atoms with Crippen LogP contribution in [-0.4, -0.2) is 30.1 Å². The van der Waals surface area contributed by atoms with Crippen LogP contribution in [0.4, 0.5) is 0 Å². The molecule has 1 rings (SSSR count). The number of aryl methyl sites for hydroxylation is 2. The Morgan fingerprint density at radius 2 is 1.80 bits per heavy atom. The second kappa shape index (κ2) is 7.05. The smallest absolute Gasteiger partial charge is 0.330 e. The number of benzene rings is 1. The van der Waals surface area contributed by atoms with Crippen LogP contribution >= 0.6 is 0 Å². The van der Waals surface area contributed by atoms with Gasteiger partial charge in [-0.25, -0.2) is 9.86 Å². The van der Waals surface area contributed by atoms with E-state index in [4.69, 9.17) is 4.84 Å². The van der Waals surface area contributed by atoms with Gasteiger partial charge in [0.05, 0.1) is 7.11 Å². The molecule has 0 saturated heterocycles. The summed E-state index contributed by atoms with van der Waals surface area (Å²) in [6, 6.07) is 5.15. The number of esters is 1. The molecule has 0 aliphatic rings. The minimum Gasteiger partial charge on any atom is -0.467 e. The number of nitrogens with zero attached hydrogens (tertiary/aromatic N) is 1. The molecule has 1 aromatic rings. The summed E-state index contributed by atoms with van der Waals surface area (Å²) in [6.45, 7) is 7.11. The molecule has 20 heavy (non-hydrogen) atoms. The van der Waals surface area contributed by atoms with Crippen molar-refractivity contribution in [1.82, 2.24) is 5.06 Å². The van der Waals surface area contributed by atoms with Crippen LogP contribution in [0.5, 0.6) is 0 Å². The number of hydrogen-bond donors (Lipinski definition) is 0. The molecule has 0 aromatic heterocycles. The molecule has 5 heteroatoms. The molecule has 0 bridgehead atoms. The Morgan fingerprint density at radius 1 is 1.25 bits per heavy atom. The average Bonchev–Trinajstić information content (AvgIpc) is 2.40. The van der Waals surface area contributed by atoms with Gasteiger partial charge in [0.25, 0.3) is 0 Å². The van der Waals surface area contributed by atoms with Gasteiger partial charge in [-0.3, -0.25) is 9.63 Å². The van der Waals surface area contributed by atoms with E-state index in [2.05, 4.69) is 4.74 Å². The van der Waals surface area contributed by atoms with Crippen LogP contribution in [-0.2, 0) is 25.8 Å². The molecule has 110 valence electrons. The molecule has 0 aliphatic carbocycles. The third-order valence-corrected chi connectivity index (χ3v) is 3.20. The zero-order valence-corrected chi connectivity index (χ0v) is 12.6. The van der Waals surface area contributed by atoms with E-state index >= 15 is 0 Å². The van der Waals surface area contributed by atoms with Crippen LogP contribution < -0.4 is 0 Å². The van der Waals surface area contributed by atoms with Gasteiger partial charge in [0.15, 0.2) is 6.04 Å².